The van der Waals surface area contributed by atoms with Gasteiger partial charge in [-0.3, -0.25) is 10.1 Å². The van der Waals surface area contributed by atoms with Gasteiger partial charge in [0.15, 0.2) is 0 Å². The van der Waals surface area contributed by atoms with Crippen molar-refractivity contribution >= 4 is 11.9 Å². The highest BCUT2D eigenvalue weighted by molar-refractivity contribution is 6.04. The summed E-state index contributed by atoms with van der Waals surface area (Å²) in [7, 11) is 0. The highest BCUT2D eigenvalue weighted by Gasteiger charge is 2.24. The number of carbonyl (C=O) groups excluding carboxylic acids is 2. The van der Waals surface area contributed by atoms with Gasteiger partial charge in [-0.2, -0.15) is 0 Å². The van der Waals surface area contributed by atoms with E-state index in [1.54, 1.807) is 6.07 Å². The lowest BCUT2D eigenvalue weighted by Crippen LogP contribution is -2.41. The van der Waals surface area contributed by atoms with Gasteiger partial charge in [-0.25, -0.2) is 9.18 Å². The van der Waals surface area contributed by atoms with Gasteiger partial charge in [0, 0.05) is 0 Å². The van der Waals surface area contributed by atoms with Crippen LogP contribution in [0, 0.1) is 5.82 Å². The summed E-state index contributed by atoms with van der Waals surface area (Å²) in [5.74, 6) is -1.40. The van der Waals surface area contributed by atoms with Crippen LogP contribution < -0.4 is 10.6 Å². The van der Waals surface area contributed by atoms with Crippen molar-refractivity contribution in [3.8, 4) is 0 Å². The van der Waals surface area contributed by atoms with Gasteiger partial charge in [-0.05, 0) is 36.1 Å². The lowest BCUT2D eigenvalue weighted by molar-refractivity contribution is 0.0959. The Morgan fingerprint density at radius 3 is 2.59 bits per heavy atom. The Kier molecular flexibility index (Phi) is 3.87. The van der Waals surface area contributed by atoms with Gasteiger partial charge in [0.25, 0.3) is 5.91 Å². The van der Waals surface area contributed by atoms with Crippen molar-refractivity contribution in [1.82, 2.24) is 10.6 Å². The first kappa shape index (κ1) is 14.3. The Bertz CT molecular complexity index is 730. The molecule has 1 atom stereocenters. The van der Waals surface area contributed by atoms with Crippen LogP contribution in [0.25, 0.3) is 0 Å². The molecule has 0 spiro atoms. The van der Waals surface area contributed by atoms with Crippen molar-refractivity contribution in [2.24, 2.45) is 0 Å². The monoisotopic (exact) mass is 298 g/mol. The molecule has 3 amide bonds. The number of amides is 3. The number of hydrogen-bond donors (Lipinski definition) is 2. The first-order chi connectivity index (χ1) is 10.6. The van der Waals surface area contributed by atoms with E-state index in [1.165, 1.54) is 23.8 Å². The third-order valence-electron chi connectivity index (χ3n) is 3.78. The average molecular weight is 298 g/mol. The second-order valence-corrected chi connectivity index (χ2v) is 5.20. The molecule has 22 heavy (non-hydrogen) atoms. The zero-order valence-corrected chi connectivity index (χ0v) is 11.8. The number of rotatable bonds is 2. The minimum Gasteiger partial charge on any atom is -0.331 e. The second kappa shape index (κ2) is 5.97. The molecule has 4 nitrogen and oxygen atoms in total. The molecule has 0 saturated heterocycles. The van der Waals surface area contributed by atoms with Crippen molar-refractivity contribution in [3.05, 3.63) is 71.0 Å². The van der Waals surface area contributed by atoms with E-state index in [2.05, 4.69) is 10.6 Å². The summed E-state index contributed by atoms with van der Waals surface area (Å²) >= 11 is 0. The minimum atomic E-state index is -0.748. The fourth-order valence-corrected chi connectivity index (χ4v) is 2.72. The molecule has 5 heteroatoms. The number of aryl methyl sites for hydroxylation is 1. The largest absolute Gasteiger partial charge is 0.331 e. The molecule has 0 saturated carbocycles. The predicted molar refractivity (Wildman–Crippen MR) is 79.9 cm³/mol. The number of hydrogen-bond acceptors (Lipinski definition) is 2. The summed E-state index contributed by atoms with van der Waals surface area (Å²) in [5.41, 5.74) is 2.12. The Morgan fingerprint density at radius 2 is 1.77 bits per heavy atom. The first-order valence-corrected chi connectivity index (χ1v) is 7.09. The average Bonchev–Trinajstić information content (AvgIpc) is 2.91. The molecule has 3 rings (SSSR count). The van der Waals surface area contributed by atoms with Crippen LogP contribution in [0.15, 0.2) is 48.5 Å². The Hall–Kier alpha value is -2.69. The Labute approximate surface area is 127 Å². The van der Waals surface area contributed by atoms with Crippen LogP contribution in [-0.4, -0.2) is 11.9 Å². The number of carbonyl (C=O) groups is 2. The zero-order valence-electron chi connectivity index (χ0n) is 11.8. The molecule has 0 heterocycles. The van der Waals surface area contributed by atoms with Gasteiger partial charge in [-0.15, -0.1) is 0 Å². The van der Waals surface area contributed by atoms with E-state index >= 15 is 0 Å². The van der Waals surface area contributed by atoms with E-state index in [4.69, 9.17) is 0 Å². The predicted octanol–water partition coefficient (Wildman–Crippen LogP) is 2.95. The first-order valence-electron chi connectivity index (χ1n) is 7.09. The van der Waals surface area contributed by atoms with E-state index < -0.39 is 17.8 Å². The van der Waals surface area contributed by atoms with E-state index in [-0.39, 0.29) is 11.6 Å². The Morgan fingerprint density at radius 1 is 1.05 bits per heavy atom. The second-order valence-electron chi connectivity index (χ2n) is 5.20. The Balaban J connectivity index is 1.64. The van der Waals surface area contributed by atoms with Gasteiger partial charge < -0.3 is 5.32 Å². The molecular formula is C17H15FN2O2. The highest BCUT2D eigenvalue weighted by Crippen LogP contribution is 2.30. The molecule has 0 bridgehead atoms. The van der Waals surface area contributed by atoms with Crippen LogP contribution >= 0.6 is 0 Å². The van der Waals surface area contributed by atoms with Crippen molar-refractivity contribution in [3.63, 3.8) is 0 Å². The topological polar surface area (TPSA) is 58.2 Å². The zero-order chi connectivity index (χ0) is 15.5. The fourth-order valence-electron chi connectivity index (χ4n) is 2.72. The summed E-state index contributed by atoms with van der Waals surface area (Å²) in [4.78, 5) is 23.8. The highest BCUT2D eigenvalue weighted by atomic mass is 19.1. The number of nitrogens with one attached hydrogen (secondary N) is 2. The lowest BCUT2D eigenvalue weighted by atomic mass is 10.1. The molecule has 2 N–H and O–H groups in total. The van der Waals surface area contributed by atoms with Crippen LogP contribution in [0.3, 0.4) is 0 Å². The number of halogens is 1. The summed E-state index contributed by atoms with van der Waals surface area (Å²) < 4.78 is 13.5. The molecule has 1 aliphatic rings. The summed E-state index contributed by atoms with van der Waals surface area (Å²) in [6.45, 7) is 0. The van der Waals surface area contributed by atoms with Crippen LogP contribution in [0.2, 0.25) is 0 Å². The maximum atomic E-state index is 13.5. The van der Waals surface area contributed by atoms with E-state index in [1.807, 2.05) is 24.3 Å². The smallest absolute Gasteiger partial charge is 0.322 e. The molecule has 0 aliphatic heterocycles. The molecule has 1 unspecified atom stereocenters. The minimum absolute atomic E-state index is 0.121. The SMILES string of the molecule is O=C(NC(=O)c1ccccc1F)NC1CCc2ccccc21. The van der Waals surface area contributed by atoms with Crippen molar-refractivity contribution in [1.29, 1.82) is 0 Å². The van der Waals surface area contributed by atoms with Crippen LogP contribution in [0.5, 0.6) is 0 Å². The van der Waals surface area contributed by atoms with Gasteiger partial charge in [0.05, 0.1) is 11.6 Å². The van der Waals surface area contributed by atoms with Crippen molar-refractivity contribution < 1.29 is 14.0 Å². The lowest BCUT2D eigenvalue weighted by Gasteiger charge is -2.14. The summed E-state index contributed by atoms with van der Waals surface area (Å²) in [5, 5.41) is 4.93. The summed E-state index contributed by atoms with van der Waals surface area (Å²) in [6.07, 6.45) is 1.68. The van der Waals surface area contributed by atoms with Gasteiger partial charge in [0.1, 0.15) is 5.82 Å². The number of benzene rings is 2. The standard InChI is InChI=1S/C17H15FN2O2/c18-14-8-4-3-7-13(14)16(21)20-17(22)19-15-10-9-11-5-1-2-6-12(11)15/h1-8,15H,9-10H2,(H2,19,20,21,22). The molecular weight excluding hydrogens is 283 g/mol. The molecule has 0 radical (unpaired) electrons. The normalized spacial score (nSPS) is 16.0. The van der Waals surface area contributed by atoms with E-state index in [0.717, 1.165) is 18.4 Å². The van der Waals surface area contributed by atoms with Crippen LogP contribution in [0.1, 0.15) is 33.9 Å². The van der Waals surface area contributed by atoms with Crippen molar-refractivity contribution in [2.45, 2.75) is 18.9 Å². The molecule has 2 aromatic rings. The maximum Gasteiger partial charge on any atom is 0.322 e. The quantitative estimate of drug-likeness (QED) is 0.895. The number of fused-ring (bicyclic) bond motifs is 1. The maximum absolute atomic E-state index is 13.5. The van der Waals surface area contributed by atoms with Gasteiger partial charge in [0.2, 0.25) is 0 Å². The van der Waals surface area contributed by atoms with Crippen molar-refractivity contribution in [2.75, 3.05) is 0 Å². The van der Waals surface area contributed by atoms with Gasteiger partial charge in [-0.1, -0.05) is 36.4 Å². The third-order valence-corrected chi connectivity index (χ3v) is 3.78. The van der Waals surface area contributed by atoms with Gasteiger partial charge >= 0.3 is 6.03 Å². The molecule has 112 valence electrons. The van der Waals surface area contributed by atoms with Crippen LogP contribution in [-0.2, 0) is 6.42 Å². The van der Waals surface area contributed by atoms with E-state index in [9.17, 15) is 14.0 Å². The molecule has 2 aromatic carbocycles. The summed E-state index contributed by atoms with van der Waals surface area (Å²) in [6, 6.07) is 12.7. The molecule has 0 fully saturated rings. The van der Waals surface area contributed by atoms with E-state index in [0.29, 0.717) is 0 Å². The van der Waals surface area contributed by atoms with Crippen LogP contribution in [0.4, 0.5) is 9.18 Å². The number of urea groups is 1. The number of imide groups is 1. The third kappa shape index (κ3) is 2.83. The fraction of sp³-hybridized carbons (Fsp3) is 0.176. The molecule has 0 aromatic heterocycles. The molecule has 1 aliphatic carbocycles.